The van der Waals surface area contributed by atoms with E-state index in [0.717, 1.165) is 19.5 Å². The summed E-state index contributed by atoms with van der Waals surface area (Å²) in [6.45, 7) is 11.5. The van der Waals surface area contributed by atoms with Crippen LogP contribution in [0.4, 0.5) is 0 Å². The number of nitrogens with two attached hydrogens (primary N) is 1. The van der Waals surface area contributed by atoms with E-state index in [9.17, 15) is 4.79 Å². The predicted octanol–water partition coefficient (Wildman–Crippen LogP) is 1.85. The first kappa shape index (κ1) is 17.4. The molecule has 3 N–H and O–H groups in total. The Bertz CT molecular complexity index is 275. The molecule has 1 rings (SSSR count). The summed E-state index contributed by atoms with van der Waals surface area (Å²) in [5, 5.41) is 3.07. The first-order valence-corrected chi connectivity index (χ1v) is 8.20. The van der Waals surface area contributed by atoms with Gasteiger partial charge in [-0.25, -0.2) is 0 Å². The van der Waals surface area contributed by atoms with Gasteiger partial charge in [0, 0.05) is 19.5 Å². The standard InChI is InChI=1S/C16H33N3O/c1-13(2)8-15(10-17)9-16(20)18-11-14(3)12-19-6-4-5-7-19/h13-15H,4-12,17H2,1-3H3,(H,18,20)/t14?,15-/m0/s1. The van der Waals surface area contributed by atoms with Gasteiger partial charge in [-0.05, 0) is 56.7 Å². The summed E-state index contributed by atoms with van der Waals surface area (Å²) in [5.41, 5.74) is 5.75. The highest BCUT2D eigenvalue weighted by atomic mass is 16.1. The summed E-state index contributed by atoms with van der Waals surface area (Å²) in [6, 6.07) is 0. The van der Waals surface area contributed by atoms with Crippen LogP contribution in [0.5, 0.6) is 0 Å². The number of carbonyl (C=O) groups excluding carboxylic acids is 1. The van der Waals surface area contributed by atoms with Gasteiger partial charge in [-0.15, -0.1) is 0 Å². The van der Waals surface area contributed by atoms with Crippen LogP contribution in [-0.4, -0.2) is 43.5 Å². The van der Waals surface area contributed by atoms with Crippen molar-refractivity contribution in [2.24, 2.45) is 23.5 Å². The first-order valence-electron chi connectivity index (χ1n) is 8.20. The lowest BCUT2D eigenvalue weighted by atomic mass is 9.94. The second kappa shape index (κ2) is 9.35. The fourth-order valence-corrected chi connectivity index (χ4v) is 3.02. The molecule has 1 heterocycles. The van der Waals surface area contributed by atoms with Gasteiger partial charge in [-0.3, -0.25) is 4.79 Å². The number of carbonyl (C=O) groups is 1. The SMILES string of the molecule is CC(C)C[C@H](CN)CC(=O)NCC(C)CN1CCCC1. The van der Waals surface area contributed by atoms with Crippen LogP contribution in [0.3, 0.4) is 0 Å². The van der Waals surface area contributed by atoms with Gasteiger partial charge in [-0.1, -0.05) is 20.8 Å². The number of hydrogen-bond acceptors (Lipinski definition) is 3. The van der Waals surface area contributed by atoms with Crippen LogP contribution < -0.4 is 11.1 Å². The second-order valence-corrected chi connectivity index (χ2v) is 6.85. The monoisotopic (exact) mass is 283 g/mol. The number of hydrogen-bond donors (Lipinski definition) is 2. The molecule has 0 spiro atoms. The maximum absolute atomic E-state index is 12.0. The lowest BCUT2D eigenvalue weighted by molar-refractivity contribution is -0.122. The molecule has 1 aliphatic heterocycles. The summed E-state index contributed by atoms with van der Waals surface area (Å²) < 4.78 is 0. The highest BCUT2D eigenvalue weighted by Crippen LogP contribution is 2.14. The van der Waals surface area contributed by atoms with Crippen LogP contribution in [0.15, 0.2) is 0 Å². The Morgan fingerprint density at radius 2 is 1.90 bits per heavy atom. The largest absolute Gasteiger partial charge is 0.356 e. The van der Waals surface area contributed by atoms with E-state index in [0.29, 0.717) is 30.7 Å². The van der Waals surface area contributed by atoms with Crippen LogP contribution in [0.2, 0.25) is 0 Å². The van der Waals surface area contributed by atoms with Crippen molar-refractivity contribution in [2.75, 3.05) is 32.7 Å². The average Bonchev–Trinajstić information content (AvgIpc) is 2.87. The lowest BCUT2D eigenvalue weighted by Gasteiger charge is -2.21. The Hall–Kier alpha value is -0.610. The third kappa shape index (κ3) is 7.25. The topological polar surface area (TPSA) is 58.4 Å². The minimum atomic E-state index is 0.161. The molecular weight excluding hydrogens is 250 g/mol. The van der Waals surface area contributed by atoms with Crippen LogP contribution in [0.25, 0.3) is 0 Å². The van der Waals surface area contributed by atoms with Gasteiger partial charge in [0.05, 0.1) is 0 Å². The van der Waals surface area contributed by atoms with Crippen molar-refractivity contribution in [2.45, 2.75) is 46.5 Å². The number of nitrogens with one attached hydrogen (secondary N) is 1. The van der Waals surface area contributed by atoms with Crippen molar-refractivity contribution in [3.63, 3.8) is 0 Å². The molecule has 0 aliphatic carbocycles. The summed E-state index contributed by atoms with van der Waals surface area (Å²) in [6.07, 6.45) is 4.26. The van der Waals surface area contributed by atoms with E-state index in [2.05, 4.69) is 31.0 Å². The minimum Gasteiger partial charge on any atom is -0.356 e. The van der Waals surface area contributed by atoms with Crippen molar-refractivity contribution in [3.8, 4) is 0 Å². The van der Waals surface area contributed by atoms with Gasteiger partial charge in [0.1, 0.15) is 0 Å². The van der Waals surface area contributed by atoms with Gasteiger partial charge in [0.25, 0.3) is 0 Å². The molecule has 2 atom stereocenters. The van der Waals surface area contributed by atoms with Crippen molar-refractivity contribution in [3.05, 3.63) is 0 Å². The Labute approximate surface area is 124 Å². The summed E-state index contributed by atoms with van der Waals surface area (Å²) in [4.78, 5) is 14.5. The molecule has 0 saturated carbocycles. The minimum absolute atomic E-state index is 0.161. The molecule has 4 heteroatoms. The molecule has 1 aliphatic rings. The quantitative estimate of drug-likeness (QED) is 0.679. The van der Waals surface area contributed by atoms with E-state index >= 15 is 0 Å². The Morgan fingerprint density at radius 1 is 1.25 bits per heavy atom. The summed E-state index contributed by atoms with van der Waals surface area (Å²) in [5.74, 6) is 1.61. The van der Waals surface area contributed by atoms with Crippen LogP contribution >= 0.6 is 0 Å². The molecule has 0 bridgehead atoms. The highest BCUT2D eigenvalue weighted by Gasteiger charge is 2.17. The molecule has 1 unspecified atom stereocenters. The van der Waals surface area contributed by atoms with E-state index in [4.69, 9.17) is 5.73 Å². The number of nitrogens with zero attached hydrogens (tertiary/aromatic N) is 1. The average molecular weight is 283 g/mol. The summed E-state index contributed by atoms with van der Waals surface area (Å²) >= 11 is 0. The van der Waals surface area contributed by atoms with E-state index in [1.807, 2.05) is 0 Å². The van der Waals surface area contributed by atoms with Crippen molar-refractivity contribution in [1.29, 1.82) is 0 Å². The predicted molar refractivity (Wildman–Crippen MR) is 84.5 cm³/mol. The lowest BCUT2D eigenvalue weighted by Crippen LogP contribution is -2.35. The molecule has 0 aromatic heterocycles. The van der Waals surface area contributed by atoms with Gasteiger partial charge in [-0.2, -0.15) is 0 Å². The third-order valence-corrected chi connectivity index (χ3v) is 4.03. The van der Waals surface area contributed by atoms with E-state index in [1.54, 1.807) is 0 Å². The fourth-order valence-electron chi connectivity index (χ4n) is 3.02. The molecular formula is C16H33N3O. The van der Waals surface area contributed by atoms with Crippen LogP contribution in [0.1, 0.15) is 46.5 Å². The molecule has 1 saturated heterocycles. The molecule has 1 fully saturated rings. The molecule has 20 heavy (non-hydrogen) atoms. The van der Waals surface area contributed by atoms with Gasteiger partial charge < -0.3 is 16.0 Å². The Balaban J connectivity index is 2.17. The zero-order chi connectivity index (χ0) is 15.0. The second-order valence-electron chi connectivity index (χ2n) is 6.85. The smallest absolute Gasteiger partial charge is 0.220 e. The highest BCUT2D eigenvalue weighted by molar-refractivity contribution is 5.76. The zero-order valence-electron chi connectivity index (χ0n) is 13.5. The molecule has 0 radical (unpaired) electrons. The molecule has 0 aromatic rings. The number of rotatable bonds is 9. The van der Waals surface area contributed by atoms with E-state index < -0.39 is 0 Å². The van der Waals surface area contributed by atoms with E-state index in [-0.39, 0.29) is 5.91 Å². The number of likely N-dealkylation sites (tertiary alicyclic amines) is 1. The Kier molecular flexibility index (Phi) is 8.15. The van der Waals surface area contributed by atoms with Crippen LogP contribution in [-0.2, 0) is 4.79 Å². The first-order chi connectivity index (χ1) is 9.51. The molecule has 0 aromatic carbocycles. The number of amides is 1. The zero-order valence-corrected chi connectivity index (χ0v) is 13.5. The molecule has 4 nitrogen and oxygen atoms in total. The van der Waals surface area contributed by atoms with Gasteiger partial charge >= 0.3 is 0 Å². The van der Waals surface area contributed by atoms with E-state index in [1.165, 1.54) is 25.9 Å². The van der Waals surface area contributed by atoms with Gasteiger partial charge in [0.15, 0.2) is 0 Å². The maximum Gasteiger partial charge on any atom is 0.220 e. The molecule has 1 amide bonds. The summed E-state index contributed by atoms with van der Waals surface area (Å²) in [7, 11) is 0. The molecule has 118 valence electrons. The normalized spacial score (nSPS) is 19.2. The Morgan fingerprint density at radius 3 is 2.45 bits per heavy atom. The van der Waals surface area contributed by atoms with Crippen molar-refractivity contribution >= 4 is 5.91 Å². The van der Waals surface area contributed by atoms with Gasteiger partial charge in [0.2, 0.25) is 5.91 Å². The van der Waals surface area contributed by atoms with Crippen molar-refractivity contribution in [1.82, 2.24) is 10.2 Å². The third-order valence-electron chi connectivity index (χ3n) is 4.03. The maximum atomic E-state index is 12.0. The van der Waals surface area contributed by atoms with Crippen LogP contribution in [0, 0.1) is 17.8 Å². The fraction of sp³-hybridized carbons (Fsp3) is 0.938. The van der Waals surface area contributed by atoms with Crippen molar-refractivity contribution < 1.29 is 4.79 Å².